The van der Waals surface area contributed by atoms with Crippen LogP contribution in [0.15, 0.2) is 42.9 Å². The van der Waals surface area contributed by atoms with E-state index >= 15 is 0 Å². The van der Waals surface area contributed by atoms with Gasteiger partial charge in [0.15, 0.2) is 0 Å². The molecule has 0 spiro atoms. The third-order valence-electron chi connectivity index (χ3n) is 7.35. The Kier molecular flexibility index (Phi) is 5.46. The van der Waals surface area contributed by atoms with E-state index in [4.69, 9.17) is 9.72 Å². The fraction of sp³-hybridized carbons (Fsp3) is 0.333. The summed E-state index contributed by atoms with van der Waals surface area (Å²) in [6.07, 6.45) is 6.89. The minimum absolute atomic E-state index is 0.164. The smallest absolute Gasteiger partial charge is 0.407 e. The van der Waals surface area contributed by atoms with E-state index < -0.39 is 6.09 Å². The fourth-order valence-electron chi connectivity index (χ4n) is 5.65. The molecule has 182 valence electrons. The summed E-state index contributed by atoms with van der Waals surface area (Å²) in [7, 11) is 1.87. The minimum atomic E-state index is -0.940. The lowest BCUT2D eigenvalue weighted by Gasteiger charge is -2.30. The maximum Gasteiger partial charge on any atom is 0.407 e. The lowest BCUT2D eigenvalue weighted by Crippen LogP contribution is -2.35. The minimum Gasteiger partial charge on any atom is -0.465 e. The molecule has 1 fully saturated rings. The van der Waals surface area contributed by atoms with Crippen molar-refractivity contribution in [3.63, 3.8) is 0 Å². The molecule has 9 heteroatoms. The van der Waals surface area contributed by atoms with Crippen molar-refractivity contribution in [3.05, 3.63) is 59.8 Å². The molecule has 0 radical (unpaired) electrons. The summed E-state index contributed by atoms with van der Waals surface area (Å²) in [5.41, 5.74) is 6.09. The number of aromatic nitrogens is 4. The number of carboxylic acid groups (broad SMARTS) is 1. The van der Waals surface area contributed by atoms with Gasteiger partial charge < -0.3 is 19.3 Å². The predicted octanol–water partition coefficient (Wildman–Crippen LogP) is 4.36. The first-order valence-electron chi connectivity index (χ1n) is 12.1. The number of aryl methyl sites for hydroxylation is 1. The highest BCUT2D eigenvalue weighted by Crippen LogP contribution is 2.42. The highest BCUT2D eigenvalue weighted by molar-refractivity contribution is 5.99. The monoisotopic (exact) mass is 482 g/mol. The van der Waals surface area contributed by atoms with Crippen LogP contribution in [0.25, 0.3) is 33.2 Å². The van der Waals surface area contributed by atoms with Crippen LogP contribution in [0.3, 0.4) is 0 Å². The Labute approximate surface area is 208 Å². The van der Waals surface area contributed by atoms with Gasteiger partial charge in [-0.1, -0.05) is 18.2 Å². The van der Waals surface area contributed by atoms with Crippen molar-refractivity contribution in [3.8, 4) is 28.5 Å². The summed E-state index contributed by atoms with van der Waals surface area (Å²) in [5, 5.41) is 26.4. The Morgan fingerprint density at radius 1 is 1.25 bits per heavy atom. The van der Waals surface area contributed by atoms with Crippen molar-refractivity contribution in [1.82, 2.24) is 24.2 Å². The summed E-state index contributed by atoms with van der Waals surface area (Å²) >= 11 is 0. The summed E-state index contributed by atoms with van der Waals surface area (Å²) in [6.45, 7) is 2.01. The number of amides is 1. The van der Waals surface area contributed by atoms with Crippen LogP contribution < -0.4 is 0 Å². The molecule has 3 aromatic heterocycles. The first-order chi connectivity index (χ1) is 17.5. The van der Waals surface area contributed by atoms with Crippen molar-refractivity contribution >= 4 is 16.9 Å². The van der Waals surface area contributed by atoms with Gasteiger partial charge in [0, 0.05) is 79.4 Å². The maximum absolute atomic E-state index is 11.9. The van der Waals surface area contributed by atoms with Gasteiger partial charge in [0.25, 0.3) is 0 Å². The number of carbonyl (C=O) groups is 1. The van der Waals surface area contributed by atoms with E-state index in [0.29, 0.717) is 31.9 Å². The van der Waals surface area contributed by atoms with E-state index in [-0.39, 0.29) is 12.6 Å². The molecule has 0 unspecified atom stereocenters. The van der Waals surface area contributed by atoms with Gasteiger partial charge in [-0.25, -0.2) is 4.79 Å². The molecule has 2 aliphatic rings. The van der Waals surface area contributed by atoms with Crippen LogP contribution in [0.2, 0.25) is 0 Å². The van der Waals surface area contributed by atoms with Crippen molar-refractivity contribution in [2.75, 3.05) is 19.8 Å². The summed E-state index contributed by atoms with van der Waals surface area (Å²) < 4.78 is 9.52. The van der Waals surface area contributed by atoms with Crippen LogP contribution in [0.1, 0.15) is 35.8 Å². The Morgan fingerprint density at radius 2 is 2.08 bits per heavy atom. The maximum atomic E-state index is 11.9. The van der Waals surface area contributed by atoms with E-state index in [1.165, 1.54) is 4.90 Å². The zero-order valence-corrected chi connectivity index (χ0v) is 20.0. The molecule has 0 atom stereocenters. The Balaban J connectivity index is 1.56. The number of nitriles is 1. The molecule has 0 bridgehead atoms. The van der Waals surface area contributed by atoms with Gasteiger partial charge in [0.2, 0.25) is 0 Å². The van der Waals surface area contributed by atoms with E-state index in [2.05, 4.69) is 15.7 Å². The molecule has 0 saturated carbocycles. The highest BCUT2D eigenvalue weighted by Gasteiger charge is 2.33. The highest BCUT2D eigenvalue weighted by atomic mass is 16.5. The summed E-state index contributed by atoms with van der Waals surface area (Å²) in [4.78, 5) is 18.0. The number of benzene rings is 1. The SMILES string of the molecule is Cn1cc(-c2cc3cccc(-c4c5c(n(C6CCOCC6)c4C#N)CCN(C(=O)O)C5)c3cn2)cn1. The number of ether oxygens (including phenoxy) is 1. The lowest BCUT2D eigenvalue weighted by molar-refractivity contribution is 0.0683. The number of hydrogen-bond donors (Lipinski definition) is 1. The predicted molar refractivity (Wildman–Crippen MR) is 133 cm³/mol. The standard InChI is InChI=1S/C27H26N6O3/c1-31-15-18(13-30-31)23-11-17-3-2-4-20(21(17)14-29-23)26-22-16-32(27(34)35)8-5-24(22)33(25(26)12-28)19-6-9-36-10-7-19/h2-4,11,13-15,19H,5-10,16H2,1H3,(H,34,35). The molecule has 6 rings (SSSR count). The van der Waals surface area contributed by atoms with E-state index in [0.717, 1.165) is 57.3 Å². The number of rotatable bonds is 3. The Hall–Kier alpha value is -4.16. The van der Waals surface area contributed by atoms with Gasteiger partial charge in [0.05, 0.1) is 18.4 Å². The van der Waals surface area contributed by atoms with E-state index in [1.54, 1.807) is 10.9 Å². The first kappa shape index (κ1) is 22.3. The lowest BCUT2D eigenvalue weighted by atomic mass is 9.93. The van der Waals surface area contributed by atoms with Gasteiger partial charge >= 0.3 is 6.09 Å². The number of pyridine rings is 1. The van der Waals surface area contributed by atoms with Crippen molar-refractivity contribution in [2.45, 2.75) is 31.8 Å². The fourth-order valence-corrected chi connectivity index (χ4v) is 5.65. The van der Waals surface area contributed by atoms with Crippen LogP contribution in [0.4, 0.5) is 4.79 Å². The molecule has 9 nitrogen and oxygen atoms in total. The van der Waals surface area contributed by atoms with Crippen LogP contribution in [0, 0.1) is 11.3 Å². The second-order valence-corrected chi connectivity index (χ2v) is 9.43. The van der Waals surface area contributed by atoms with Crippen molar-refractivity contribution < 1.29 is 14.6 Å². The average Bonchev–Trinajstić information content (AvgIpc) is 3.49. The van der Waals surface area contributed by atoms with Crippen LogP contribution in [-0.2, 0) is 24.8 Å². The zero-order chi connectivity index (χ0) is 24.8. The van der Waals surface area contributed by atoms with Crippen LogP contribution >= 0.6 is 0 Å². The quantitative estimate of drug-likeness (QED) is 0.465. The molecule has 1 aromatic carbocycles. The van der Waals surface area contributed by atoms with Gasteiger partial charge in [-0.15, -0.1) is 0 Å². The molecular weight excluding hydrogens is 456 g/mol. The summed E-state index contributed by atoms with van der Waals surface area (Å²) in [6, 6.07) is 10.7. The Morgan fingerprint density at radius 3 is 2.81 bits per heavy atom. The second kappa shape index (κ2) is 8.81. The Bertz CT molecular complexity index is 1520. The van der Waals surface area contributed by atoms with Crippen molar-refractivity contribution in [1.29, 1.82) is 5.26 Å². The van der Waals surface area contributed by atoms with Crippen molar-refractivity contribution in [2.24, 2.45) is 7.05 Å². The second-order valence-electron chi connectivity index (χ2n) is 9.43. The van der Waals surface area contributed by atoms with Crippen LogP contribution in [0.5, 0.6) is 0 Å². The molecule has 4 aromatic rings. The van der Waals surface area contributed by atoms with Gasteiger partial charge in [-0.2, -0.15) is 10.4 Å². The number of hydrogen-bond acceptors (Lipinski definition) is 5. The molecular formula is C27H26N6O3. The first-order valence-corrected chi connectivity index (χ1v) is 12.1. The van der Waals surface area contributed by atoms with Gasteiger partial charge in [0.1, 0.15) is 11.8 Å². The third kappa shape index (κ3) is 3.62. The topological polar surface area (TPSA) is 109 Å². The zero-order valence-electron chi connectivity index (χ0n) is 20.0. The largest absolute Gasteiger partial charge is 0.465 e. The number of fused-ring (bicyclic) bond motifs is 2. The normalized spacial score (nSPS) is 16.2. The van der Waals surface area contributed by atoms with Gasteiger partial charge in [-0.3, -0.25) is 9.67 Å². The molecule has 36 heavy (non-hydrogen) atoms. The van der Waals surface area contributed by atoms with E-state index in [9.17, 15) is 15.2 Å². The molecule has 1 amide bonds. The average molecular weight is 483 g/mol. The molecule has 1 N–H and O–H groups in total. The number of nitrogens with zero attached hydrogens (tertiary/aromatic N) is 6. The summed E-state index contributed by atoms with van der Waals surface area (Å²) in [5.74, 6) is 0. The molecule has 5 heterocycles. The molecule has 2 aliphatic heterocycles. The van der Waals surface area contributed by atoms with Gasteiger partial charge in [-0.05, 0) is 29.9 Å². The molecule has 1 saturated heterocycles. The van der Waals surface area contributed by atoms with E-state index in [1.807, 2.05) is 43.7 Å². The molecule has 0 aliphatic carbocycles. The third-order valence-corrected chi connectivity index (χ3v) is 7.35. The van der Waals surface area contributed by atoms with Crippen LogP contribution in [-0.4, -0.2) is 55.2 Å².